The average Bonchev–Trinajstić information content (AvgIpc) is 2.77. The predicted octanol–water partition coefficient (Wildman–Crippen LogP) is 3.82. The molecule has 0 unspecified atom stereocenters. The first kappa shape index (κ1) is 14.6. The molecule has 3 nitrogen and oxygen atoms in total. The Morgan fingerprint density at radius 2 is 1.77 bits per heavy atom. The lowest BCUT2D eigenvalue weighted by Gasteiger charge is -2.39. The number of rotatable bonds is 3. The van der Waals surface area contributed by atoms with Crippen molar-refractivity contribution in [2.75, 3.05) is 7.11 Å². The van der Waals surface area contributed by atoms with E-state index >= 15 is 0 Å². The van der Waals surface area contributed by atoms with Gasteiger partial charge in [0.2, 0.25) is 0 Å². The Hall–Kier alpha value is -2.29. The molecule has 22 heavy (non-hydrogen) atoms. The Bertz CT molecular complexity index is 709. The molecule has 0 spiro atoms. The molecule has 3 rings (SSSR count). The summed E-state index contributed by atoms with van der Waals surface area (Å²) < 4.78 is 5.37. The maximum atomic E-state index is 12.9. The third kappa shape index (κ3) is 1.92. The maximum absolute atomic E-state index is 12.9. The Morgan fingerprint density at radius 3 is 2.36 bits per heavy atom. The van der Waals surface area contributed by atoms with E-state index in [0.717, 1.165) is 22.4 Å². The van der Waals surface area contributed by atoms with Crippen molar-refractivity contribution in [3.8, 4) is 5.75 Å². The minimum Gasteiger partial charge on any atom is -0.497 e. The molecule has 0 aromatic heterocycles. The van der Waals surface area contributed by atoms with Crippen molar-refractivity contribution in [2.24, 2.45) is 0 Å². The van der Waals surface area contributed by atoms with Crippen LogP contribution in [0.25, 0.3) is 0 Å². The fraction of sp³-hybridized carbons (Fsp3) is 0.316. The molecular formula is C19H21NO2. The Kier molecular flexibility index (Phi) is 3.44. The zero-order chi connectivity index (χ0) is 15.9. The molecule has 3 heteroatoms. The molecule has 0 saturated heterocycles. The number of methoxy groups -OCH3 is 1. The smallest absolute Gasteiger partial charge is 0.255 e. The second-order valence-corrected chi connectivity index (χ2v) is 6.12. The van der Waals surface area contributed by atoms with E-state index in [2.05, 4.69) is 32.9 Å². The zero-order valence-electron chi connectivity index (χ0n) is 13.5. The summed E-state index contributed by atoms with van der Waals surface area (Å²) in [6.07, 6.45) is 0. The number of nitrogens with zero attached hydrogens (tertiary/aromatic N) is 1. The van der Waals surface area contributed by atoms with E-state index in [1.54, 1.807) is 7.11 Å². The average molecular weight is 295 g/mol. The van der Waals surface area contributed by atoms with Crippen LogP contribution in [0, 0.1) is 0 Å². The number of benzene rings is 2. The van der Waals surface area contributed by atoms with Gasteiger partial charge in [0.05, 0.1) is 12.6 Å². The van der Waals surface area contributed by atoms with E-state index in [-0.39, 0.29) is 11.9 Å². The lowest BCUT2D eigenvalue weighted by atomic mass is 9.84. The Balaban J connectivity index is 2.28. The van der Waals surface area contributed by atoms with Crippen LogP contribution in [0.1, 0.15) is 42.3 Å². The molecule has 0 saturated carbocycles. The number of hydrogen-bond acceptors (Lipinski definition) is 2. The fourth-order valence-electron chi connectivity index (χ4n) is 3.51. The quantitative estimate of drug-likeness (QED) is 0.861. The summed E-state index contributed by atoms with van der Waals surface area (Å²) in [5.41, 5.74) is 2.41. The van der Waals surface area contributed by atoms with Crippen LogP contribution < -0.4 is 4.74 Å². The largest absolute Gasteiger partial charge is 0.497 e. The topological polar surface area (TPSA) is 29.5 Å². The number of ether oxygens (including phenoxy) is 1. The van der Waals surface area contributed by atoms with Crippen LogP contribution in [0.15, 0.2) is 48.5 Å². The monoisotopic (exact) mass is 295 g/mol. The molecule has 1 amide bonds. The molecule has 1 atom stereocenters. The molecular weight excluding hydrogens is 274 g/mol. The van der Waals surface area contributed by atoms with Crippen molar-refractivity contribution in [2.45, 2.75) is 32.4 Å². The molecule has 2 aromatic rings. The van der Waals surface area contributed by atoms with E-state index in [0.29, 0.717) is 0 Å². The minimum atomic E-state index is -0.476. The van der Waals surface area contributed by atoms with Crippen LogP contribution in [-0.4, -0.2) is 24.0 Å². The van der Waals surface area contributed by atoms with E-state index in [1.165, 1.54) is 0 Å². The standard InChI is InChI=1S/C19H21NO2/c1-13(2)20-18(21)16-11-10-15(22-4)12-17(16)19(20,3)14-8-6-5-7-9-14/h5-13H,1-4H3/t19-/m1/s1. The number of amides is 1. The van der Waals surface area contributed by atoms with E-state index in [4.69, 9.17) is 4.74 Å². The molecule has 2 aromatic carbocycles. The van der Waals surface area contributed by atoms with Gasteiger partial charge in [-0.1, -0.05) is 30.3 Å². The summed E-state index contributed by atoms with van der Waals surface area (Å²) in [6.45, 7) is 6.23. The summed E-state index contributed by atoms with van der Waals surface area (Å²) >= 11 is 0. The van der Waals surface area contributed by atoms with Crippen LogP contribution in [0.3, 0.4) is 0 Å². The van der Waals surface area contributed by atoms with Crippen LogP contribution >= 0.6 is 0 Å². The van der Waals surface area contributed by atoms with Gasteiger partial charge in [0.15, 0.2) is 0 Å². The highest BCUT2D eigenvalue weighted by Crippen LogP contribution is 2.46. The van der Waals surface area contributed by atoms with Gasteiger partial charge in [0, 0.05) is 11.6 Å². The number of hydrogen-bond donors (Lipinski definition) is 0. The van der Waals surface area contributed by atoms with Gasteiger partial charge in [-0.2, -0.15) is 0 Å². The van der Waals surface area contributed by atoms with Crippen LogP contribution in [0.4, 0.5) is 0 Å². The molecule has 0 radical (unpaired) electrons. The minimum absolute atomic E-state index is 0.0824. The van der Waals surface area contributed by atoms with Gasteiger partial charge in [0.1, 0.15) is 5.75 Å². The second-order valence-electron chi connectivity index (χ2n) is 6.12. The van der Waals surface area contributed by atoms with Gasteiger partial charge in [-0.3, -0.25) is 4.79 Å². The van der Waals surface area contributed by atoms with Crippen LogP contribution in [-0.2, 0) is 5.54 Å². The van der Waals surface area contributed by atoms with Crippen molar-refractivity contribution >= 4 is 5.91 Å². The molecule has 0 bridgehead atoms. The van der Waals surface area contributed by atoms with Crippen LogP contribution in [0.2, 0.25) is 0 Å². The van der Waals surface area contributed by atoms with Crippen LogP contribution in [0.5, 0.6) is 5.75 Å². The molecule has 0 N–H and O–H groups in total. The summed E-state index contributed by atoms with van der Waals surface area (Å²) in [4.78, 5) is 14.9. The normalized spacial score (nSPS) is 20.4. The molecule has 1 heterocycles. The lowest BCUT2D eigenvalue weighted by Crippen LogP contribution is -2.46. The van der Waals surface area contributed by atoms with Gasteiger partial charge in [-0.15, -0.1) is 0 Å². The number of carbonyl (C=O) groups is 1. The van der Waals surface area contributed by atoms with Crippen molar-refractivity contribution < 1.29 is 9.53 Å². The third-order valence-electron chi connectivity index (χ3n) is 4.53. The molecule has 114 valence electrons. The first-order chi connectivity index (χ1) is 10.5. The molecule has 1 aliphatic rings. The highest BCUT2D eigenvalue weighted by Gasteiger charge is 2.48. The van der Waals surface area contributed by atoms with Crippen molar-refractivity contribution in [1.29, 1.82) is 0 Å². The second kappa shape index (κ2) is 5.16. The van der Waals surface area contributed by atoms with E-state index in [1.807, 2.05) is 41.3 Å². The van der Waals surface area contributed by atoms with E-state index < -0.39 is 5.54 Å². The molecule has 0 aliphatic carbocycles. The summed E-state index contributed by atoms with van der Waals surface area (Å²) in [6, 6.07) is 16.0. The Morgan fingerprint density at radius 1 is 1.09 bits per heavy atom. The third-order valence-corrected chi connectivity index (χ3v) is 4.53. The summed E-state index contributed by atoms with van der Waals surface area (Å²) in [7, 11) is 1.65. The highest BCUT2D eigenvalue weighted by molar-refractivity contribution is 6.01. The van der Waals surface area contributed by atoms with Crippen molar-refractivity contribution in [3.63, 3.8) is 0 Å². The Labute approximate surface area is 131 Å². The lowest BCUT2D eigenvalue weighted by molar-refractivity contribution is 0.0566. The SMILES string of the molecule is COc1ccc2c(c1)[C@@](C)(c1ccccc1)N(C(C)C)C2=O. The van der Waals surface area contributed by atoms with Crippen molar-refractivity contribution in [3.05, 3.63) is 65.2 Å². The highest BCUT2D eigenvalue weighted by atomic mass is 16.5. The fourth-order valence-corrected chi connectivity index (χ4v) is 3.51. The summed E-state index contributed by atoms with van der Waals surface area (Å²) in [5, 5.41) is 0. The molecule has 1 aliphatic heterocycles. The van der Waals surface area contributed by atoms with Gasteiger partial charge in [-0.25, -0.2) is 0 Å². The van der Waals surface area contributed by atoms with E-state index in [9.17, 15) is 4.79 Å². The predicted molar refractivity (Wildman–Crippen MR) is 87.2 cm³/mol. The number of fused-ring (bicyclic) bond motifs is 1. The van der Waals surface area contributed by atoms with Crippen molar-refractivity contribution in [1.82, 2.24) is 4.90 Å². The molecule has 0 fully saturated rings. The summed E-state index contributed by atoms with van der Waals surface area (Å²) in [5.74, 6) is 0.860. The van der Waals surface area contributed by atoms with Gasteiger partial charge >= 0.3 is 0 Å². The van der Waals surface area contributed by atoms with Gasteiger partial charge in [0.25, 0.3) is 5.91 Å². The van der Waals surface area contributed by atoms with Gasteiger partial charge in [-0.05, 0) is 50.1 Å². The zero-order valence-corrected chi connectivity index (χ0v) is 13.5. The maximum Gasteiger partial charge on any atom is 0.255 e. The first-order valence-electron chi connectivity index (χ1n) is 7.58. The first-order valence-corrected chi connectivity index (χ1v) is 7.58. The number of carbonyl (C=O) groups excluding carboxylic acids is 1. The van der Waals surface area contributed by atoms with Gasteiger partial charge < -0.3 is 9.64 Å².